The van der Waals surface area contributed by atoms with Crippen LogP contribution in [0, 0.1) is 0 Å². The van der Waals surface area contributed by atoms with Gasteiger partial charge in [-0.25, -0.2) is 4.98 Å². The van der Waals surface area contributed by atoms with E-state index < -0.39 is 0 Å². The highest BCUT2D eigenvalue weighted by atomic mass is 16.2. The van der Waals surface area contributed by atoms with E-state index in [4.69, 9.17) is 4.98 Å². The summed E-state index contributed by atoms with van der Waals surface area (Å²) in [7, 11) is 4.21. The number of rotatable bonds is 7. The van der Waals surface area contributed by atoms with Gasteiger partial charge in [0.1, 0.15) is 11.5 Å². The summed E-state index contributed by atoms with van der Waals surface area (Å²) in [5.41, 5.74) is 3.10. The van der Waals surface area contributed by atoms with Crippen molar-refractivity contribution in [2.45, 2.75) is 50.9 Å². The van der Waals surface area contributed by atoms with Gasteiger partial charge in [-0.2, -0.15) is 0 Å². The van der Waals surface area contributed by atoms with Crippen LogP contribution in [0.25, 0.3) is 22.2 Å². The number of H-pyrrole nitrogens is 1. The lowest BCUT2D eigenvalue weighted by molar-refractivity contribution is -0.111. The summed E-state index contributed by atoms with van der Waals surface area (Å²) in [6.07, 6.45) is 6.86. The first-order valence-electron chi connectivity index (χ1n) is 14.8. The summed E-state index contributed by atoms with van der Waals surface area (Å²) >= 11 is 0. The number of amides is 3. The van der Waals surface area contributed by atoms with Gasteiger partial charge in [-0.3, -0.25) is 14.4 Å². The standard InChI is InChI=1S/C33H37N7O3/c1-4-29(41)36-26-11-6-8-23-24(26)9-5-10-25(23)31-37-30(32(42)35-21-13-15-22(16-14-21)38(2)3)28-20-39(18-19-40(28)31)33(43)27-12-7-17-34-27/h4-12,17,21-22,34H,1,13-16,18-20H2,2-3H3,(H,35,42)(H,36,41). The molecule has 10 nitrogen and oxygen atoms in total. The van der Waals surface area contributed by atoms with E-state index in [0.717, 1.165) is 42.0 Å². The molecule has 4 aromatic rings. The van der Waals surface area contributed by atoms with E-state index in [9.17, 15) is 14.4 Å². The minimum absolute atomic E-state index is 0.0818. The lowest BCUT2D eigenvalue weighted by Gasteiger charge is -2.33. The fraction of sp³-hybridized carbons (Fsp3) is 0.333. The molecule has 6 rings (SSSR count). The fourth-order valence-electron chi connectivity index (χ4n) is 6.35. The molecule has 3 heterocycles. The lowest BCUT2D eigenvalue weighted by Crippen LogP contribution is -2.43. The molecule has 1 saturated carbocycles. The fourth-order valence-corrected chi connectivity index (χ4v) is 6.35. The van der Waals surface area contributed by atoms with Gasteiger partial charge in [0.2, 0.25) is 5.91 Å². The van der Waals surface area contributed by atoms with Crippen molar-refractivity contribution in [2.75, 3.05) is 26.0 Å². The van der Waals surface area contributed by atoms with E-state index >= 15 is 0 Å². The van der Waals surface area contributed by atoms with Crippen LogP contribution in [0.2, 0.25) is 0 Å². The van der Waals surface area contributed by atoms with Gasteiger partial charge < -0.3 is 30.0 Å². The van der Waals surface area contributed by atoms with Crippen LogP contribution in [-0.4, -0.2) is 74.8 Å². The molecule has 0 bridgehead atoms. The van der Waals surface area contributed by atoms with E-state index in [1.807, 2.05) is 36.4 Å². The summed E-state index contributed by atoms with van der Waals surface area (Å²) in [5.74, 6) is 0.0551. The zero-order valence-electron chi connectivity index (χ0n) is 24.6. The maximum Gasteiger partial charge on any atom is 0.272 e. The molecular weight excluding hydrogens is 542 g/mol. The van der Waals surface area contributed by atoms with Crippen LogP contribution in [0.15, 0.2) is 67.4 Å². The van der Waals surface area contributed by atoms with Gasteiger partial charge in [-0.15, -0.1) is 0 Å². The van der Waals surface area contributed by atoms with Crippen LogP contribution in [0.4, 0.5) is 5.69 Å². The number of anilines is 1. The molecule has 43 heavy (non-hydrogen) atoms. The molecule has 3 N–H and O–H groups in total. The maximum atomic E-state index is 13.9. The number of hydrogen-bond donors (Lipinski definition) is 3. The highest BCUT2D eigenvalue weighted by Crippen LogP contribution is 2.35. The highest BCUT2D eigenvalue weighted by molar-refractivity contribution is 6.09. The van der Waals surface area contributed by atoms with Crippen molar-refractivity contribution in [2.24, 2.45) is 0 Å². The largest absolute Gasteiger partial charge is 0.357 e. The Kier molecular flexibility index (Phi) is 7.86. The molecule has 2 aromatic heterocycles. The number of aromatic amines is 1. The highest BCUT2D eigenvalue weighted by Gasteiger charge is 2.32. The SMILES string of the molecule is C=CC(=O)Nc1cccc2c(-c3nc(C(=O)NC4CCC(N(C)C)CC4)c4n3CCN(C(=O)c3ccc[nH]3)C4)cccc12. The molecule has 0 saturated heterocycles. The van der Waals surface area contributed by atoms with Gasteiger partial charge >= 0.3 is 0 Å². The summed E-state index contributed by atoms with van der Waals surface area (Å²) in [6, 6.07) is 15.8. The molecule has 0 radical (unpaired) electrons. The maximum absolute atomic E-state index is 13.9. The Hall–Kier alpha value is -4.70. The lowest BCUT2D eigenvalue weighted by atomic mass is 9.90. The van der Waals surface area contributed by atoms with E-state index in [2.05, 4.69) is 45.8 Å². The van der Waals surface area contributed by atoms with Crippen LogP contribution in [0.5, 0.6) is 0 Å². The summed E-state index contributed by atoms with van der Waals surface area (Å²) < 4.78 is 2.07. The van der Waals surface area contributed by atoms with Gasteiger partial charge in [0.15, 0.2) is 5.69 Å². The number of fused-ring (bicyclic) bond motifs is 2. The number of hydrogen-bond acceptors (Lipinski definition) is 5. The average molecular weight is 580 g/mol. The van der Waals surface area contributed by atoms with Crippen molar-refractivity contribution >= 4 is 34.2 Å². The van der Waals surface area contributed by atoms with Crippen molar-refractivity contribution in [1.82, 2.24) is 29.7 Å². The molecule has 2 aromatic carbocycles. The zero-order valence-corrected chi connectivity index (χ0v) is 24.6. The van der Waals surface area contributed by atoms with Crippen LogP contribution in [0.1, 0.15) is 52.4 Å². The monoisotopic (exact) mass is 579 g/mol. The minimum atomic E-state index is -0.290. The molecule has 1 aliphatic heterocycles. The first-order valence-corrected chi connectivity index (χ1v) is 14.8. The van der Waals surface area contributed by atoms with E-state index in [-0.39, 0.29) is 30.3 Å². The quantitative estimate of drug-likeness (QED) is 0.281. The molecule has 10 heteroatoms. The van der Waals surface area contributed by atoms with Crippen LogP contribution < -0.4 is 10.6 Å². The van der Waals surface area contributed by atoms with Gasteiger partial charge in [0, 0.05) is 48.0 Å². The van der Waals surface area contributed by atoms with Gasteiger partial charge in [-0.1, -0.05) is 36.9 Å². The first kappa shape index (κ1) is 28.4. The molecule has 1 fully saturated rings. The van der Waals surface area contributed by atoms with Gasteiger partial charge in [0.25, 0.3) is 11.8 Å². The molecule has 0 spiro atoms. The third-order valence-electron chi connectivity index (χ3n) is 8.71. The second-order valence-corrected chi connectivity index (χ2v) is 11.5. The van der Waals surface area contributed by atoms with Gasteiger partial charge in [0.05, 0.1) is 12.2 Å². The third kappa shape index (κ3) is 5.58. The number of carbonyl (C=O) groups is 3. The smallest absolute Gasteiger partial charge is 0.272 e. The Morgan fingerprint density at radius 3 is 2.49 bits per heavy atom. The average Bonchev–Trinajstić information content (AvgIpc) is 3.69. The van der Waals surface area contributed by atoms with Crippen LogP contribution in [-0.2, 0) is 17.9 Å². The van der Waals surface area contributed by atoms with E-state index in [1.165, 1.54) is 6.08 Å². The Morgan fingerprint density at radius 2 is 1.77 bits per heavy atom. The number of benzene rings is 2. The summed E-state index contributed by atoms with van der Waals surface area (Å²) in [4.78, 5) is 51.2. The Balaban J connectivity index is 1.38. The molecule has 0 unspecified atom stereocenters. The molecule has 222 valence electrons. The van der Waals surface area contributed by atoms with Gasteiger partial charge in [-0.05, 0) is 69.4 Å². The topological polar surface area (TPSA) is 115 Å². The predicted molar refractivity (Wildman–Crippen MR) is 167 cm³/mol. The zero-order chi connectivity index (χ0) is 30.1. The minimum Gasteiger partial charge on any atom is -0.357 e. The second kappa shape index (κ2) is 11.9. The van der Waals surface area contributed by atoms with Crippen LogP contribution in [0.3, 0.4) is 0 Å². The van der Waals surface area contributed by atoms with Crippen molar-refractivity contribution in [3.63, 3.8) is 0 Å². The van der Waals surface area contributed by atoms with Crippen molar-refractivity contribution in [3.8, 4) is 11.4 Å². The van der Waals surface area contributed by atoms with Crippen molar-refractivity contribution in [1.29, 1.82) is 0 Å². The summed E-state index contributed by atoms with van der Waals surface area (Å²) in [5, 5.41) is 7.90. The Bertz CT molecular complexity index is 1680. The first-order chi connectivity index (χ1) is 20.8. The van der Waals surface area contributed by atoms with E-state index in [1.54, 1.807) is 23.2 Å². The second-order valence-electron chi connectivity index (χ2n) is 11.5. The van der Waals surface area contributed by atoms with Crippen LogP contribution >= 0.6 is 0 Å². The third-order valence-corrected chi connectivity index (χ3v) is 8.71. The number of carbonyl (C=O) groups excluding carboxylic acids is 3. The van der Waals surface area contributed by atoms with Crippen molar-refractivity contribution in [3.05, 3.63) is 84.5 Å². The molecule has 0 atom stereocenters. The summed E-state index contributed by atoms with van der Waals surface area (Å²) in [6.45, 7) is 4.81. The Morgan fingerprint density at radius 1 is 1.00 bits per heavy atom. The number of aromatic nitrogens is 3. The molecular formula is C33H37N7O3. The molecule has 1 aliphatic carbocycles. The number of nitrogens with one attached hydrogen (secondary N) is 3. The van der Waals surface area contributed by atoms with Crippen molar-refractivity contribution < 1.29 is 14.4 Å². The van der Waals surface area contributed by atoms with E-state index in [0.29, 0.717) is 47.7 Å². The number of imidazole rings is 1. The normalized spacial score (nSPS) is 18.3. The predicted octanol–water partition coefficient (Wildman–Crippen LogP) is 4.41. The number of nitrogens with zero attached hydrogens (tertiary/aromatic N) is 4. The molecule has 2 aliphatic rings. The molecule has 3 amide bonds. The Labute approximate surface area is 250 Å².